The summed E-state index contributed by atoms with van der Waals surface area (Å²) in [7, 11) is -3.67. The molecule has 80 heavy (non-hydrogen) atoms. The first kappa shape index (κ1) is 65.6. The van der Waals surface area contributed by atoms with E-state index in [1.807, 2.05) is 84.6 Å². The molecule has 0 bridgehead atoms. The van der Waals surface area contributed by atoms with Crippen molar-refractivity contribution in [3.8, 4) is 68.0 Å². The molecule has 0 aliphatic carbocycles. The van der Waals surface area contributed by atoms with Crippen LogP contribution in [0.3, 0.4) is 0 Å². The zero-order chi connectivity index (χ0) is 59.0. The number of thiol groups is 2. The fourth-order valence-corrected chi connectivity index (χ4v) is 10.7. The Morgan fingerprint density at radius 3 is 1.43 bits per heavy atom. The Labute approximate surface area is 491 Å². The molecule has 0 amide bonds. The molecule has 1 saturated heterocycles. The summed E-state index contributed by atoms with van der Waals surface area (Å²) in [5.74, 6) is 4.85. The van der Waals surface area contributed by atoms with Crippen LogP contribution in [0.15, 0.2) is 127 Å². The summed E-state index contributed by atoms with van der Waals surface area (Å²) in [6, 6.07) is 25.8. The van der Waals surface area contributed by atoms with Gasteiger partial charge in [-0.25, -0.2) is 19.3 Å². The van der Waals surface area contributed by atoms with Gasteiger partial charge >= 0.3 is 20.3 Å². The SMILES string of the molecule is CC(=O)c1ccn(-c2ccc(Br)cc2-c2oc(C)nc2-c2ccc(OC(F)(F)F)cc2)n1.CCOCC.Cc1nc(-c2ccc(OC(F)(F)F)cc2)c(-c2cc(Br)ccc2-n2ccc(C3(C)SCCS3)n2)o1.FB(F)F.SCCS. The second-order valence-electron chi connectivity index (χ2n) is 16.3. The third kappa shape index (κ3) is 19.5. The van der Waals surface area contributed by atoms with E-state index in [9.17, 15) is 44.1 Å². The molecule has 9 rings (SSSR count). The summed E-state index contributed by atoms with van der Waals surface area (Å²) < 4.78 is 134. The second kappa shape index (κ2) is 30.2. The number of rotatable bonds is 13. The van der Waals surface area contributed by atoms with Crippen LogP contribution < -0.4 is 9.47 Å². The van der Waals surface area contributed by atoms with E-state index >= 15 is 0 Å². The van der Waals surface area contributed by atoms with Crippen LogP contribution in [-0.2, 0) is 8.82 Å². The van der Waals surface area contributed by atoms with Gasteiger partial charge in [0.2, 0.25) is 0 Å². The predicted molar refractivity (Wildman–Crippen MR) is 308 cm³/mol. The van der Waals surface area contributed by atoms with E-state index in [4.69, 9.17) is 18.7 Å². The van der Waals surface area contributed by atoms with Gasteiger partial charge in [-0.05, 0) is 129 Å². The van der Waals surface area contributed by atoms with Crippen LogP contribution in [0.2, 0.25) is 0 Å². The highest BCUT2D eigenvalue weighted by molar-refractivity contribution is 9.10. The summed E-state index contributed by atoms with van der Waals surface area (Å²) in [5.41, 5.74) is 6.22. The molecule has 1 fully saturated rings. The summed E-state index contributed by atoms with van der Waals surface area (Å²) in [6.45, 7) is 12.7. The number of ketones is 1. The van der Waals surface area contributed by atoms with Crippen molar-refractivity contribution >= 4 is 94.0 Å². The number of alkyl halides is 6. The van der Waals surface area contributed by atoms with Crippen molar-refractivity contribution in [1.82, 2.24) is 29.5 Å². The van der Waals surface area contributed by atoms with Crippen molar-refractivity contribution in [3.63, 3.8) is 0 Å². The van der Waals surface area contributed by atoms with Gasteiger partial charge in [-0.3, -0.25) is 17.7 Å². The molecule has 4 aromatic heterocycles. The van der Waals surface area contributed by atoms with Crippen molar-refractivity contribution in [2.24, 2.45) is 0 Å². The monoisotopic (exact) mass is 1320 g/mol. The first-order valence-corrected chi connectivity index (χ1v) is 28.5. The number of nitrogens with zero attached hydrogens (tertiary/aromatic N) is 6. The average molecular weight is 1320 g/mol. The number of thioether (sulfide) groups is 2. The minimum absolute atomic E-state index is 0.0883. The van der Waals surface area contributed by atoms with Gasteiger partial charge in [-0.15, -0.1) is 49.9 Å². The lowest BCUT2D eigenvalue weighted by molar-refractivity contribution is -0.275. The molecule has 1 aliphatic heterocycles. The van der Waals surface area contributed by atoms with Gasteiger partial charge in [0, 0.05) is 89.1 Å². The Morgan fingerprint density at radius 2 is 1.07 bits per heavy atom. The third-order valence-corrected chi connectivity index (χ3v) is 15.5. The first-order valence-electron chi connectivity index (χ1n) is 23.7. The molecule has 0 radical (unpaired) electrons. The molecule has 28 heteroatoms. The van der Waals surface area contributed by atoms with Gasteiger partial charge in [0.05, 0.1) is 17.1 Å². The minimum Gasteiger partial charge on any atom is -0.440 e. The molecule has 12 nitrogen and oxygen atoms in total. The molecule has 0 saturated carbocycles. The minimum atomic E-state index is -4.77. The van der Waals surface area contributed by atoms with E-state index in [0.29, 0.717) is 62.8 Å². The van der Waals surface area contributed by atoms with Crippen molar-refractivity contribution < 1.29 is 67.1 Å². The average Bonchev–Trinajstić information content (AvgIpc) is 4.32. The zero-order valence-electron chi connectivity index (χ0n) is 43.2. The number of benzene rings is 4. The number of Topliss-reactive ketones (excluding diaryl/α,β-unsaturated/α-hetero) is 1. The van der Waals surface area contributed by atoms with Crippen LogP contribution >= 0.6 is 80.6 Å². The predicted octanol–water partition coefficient (Wildman–Crippen LogP) is 17.0. The van der Waals surface area contributed by atoms with E-state index in [2.05, 4.69) is 88.6 Å². The standard InChI is InChI=1S/C24H19BrF3N3O2S2.C22H15BrF3N3O3.C4H10O.C2H6S2.BF3/c1-14-29-21(15-3-6-17(7-4-15)33-24(26,27)28)22(32-14)18-13-16(25)5-8-19(18)31-10-9-20(30-31)23(2)34-11-12-35-23;1-12(30)18-9-10-29(28-18)19-8-5-15(23)11-17(19)21-20(27-13(2)31-21)14-3-6-16(7-4-14)32-22(24,25)26;1-3-5-4-2;3-1-2-4;2-1(3)4/h3-10,13H,11-12H2,1-2H3;3-11H,1-2H3;3-4H2,1-2H3;3-4H,1-2H2;. The molecule has 0 spiro atoms. The van der Waals surface area contributed by atoms with Gasteiger partial charge in [-0.2, -0.15) is 35.5 Å². The third-order valence-electron chi connectivity index (χ3n) is 10.4. The number of ether oxygens (including phenoxy) is 3. The molecule has 0 N–H and O–H groups in total. The van der Waals surface area contributed by atoms with E-state index in [1.165, 1.54) is 55.5 Å². The first-order chi connectivity index (χ1) is 37.8. The Hall–Kier alpha value is -5.26. The maximum absolute atomic E-state index is 12.6. The zero-order valence-corrected chi connectivity index (χ0v) is 49.8. The molecule has 1 aliphatic rings. The summed E-state index contributed by atoms with van der Waals surface area (Å²) in [6.07, 6.45) is -5.93. The topological polar surface area (TPSA) is 132 Å². The maximum atomic E-state index is 12.6. The van der Waals surface area contributed by atoms with Crippen molar-refractivity contribution in [2.75, 3.05) is 36.2 Å². The quantitative estimate of drug-likeness (QED) is 0.0493. The molecular weight excluding hydrogens is 1270 g/mol. The Morgan fingerprint density at radius 1 is 0.675 bits per heavy atom. The van der Waals surface area contributed by atoms with Crippen LogP contribution in [0.4, 0.5) is 39.3 Å². The molecule has 428 valence electrons. The van der Waals surface area contributed by atoms with Crippen LogP contribution in [0.25, 0.3) is 56.5 Å². The second-order valence-corrected chi connectivity index (χ2v) is 22.3. The van der Waals surface area contributed by atoms with Gasteiger partial charge in [0.25, 0.3) is 0 Å². The number of aromatic nitrogens is 6. The number of halogens is 11. The van der Waals surface area contributed by atoms with Crippen LogP contribution in [0, 0.1) is 13.8 Å². The number of aryl methyl sites for hydroxylation is 2. The lowest BCUT2D eigenvalue weighted by atomic mass is 10.0. The molecule has 8 aromatic rings. The van der Waals surface area contributed by atoms with Crippen LogP contribution in [0.5, 0.6) is 11.5 Å². The molecular formula is C52H50BBr2F9N6O6S4. The highest BCUT2D eigenvalue weighted by Crippen LogP contribution is 2.51. The van der Waals surface area contributed by atoms with Crippen molar-refractivity contribution in [1.29, 1.82) is 0 Å². The number of carbonyl (C=O) groups is 1. The molecule has 4 aromatic carbocycles. The number of carbonyl (C=O) groups excluding carboxylic acids is 1. The Kier molecular flexibility index (Phi) is 24.7. The Bertz CT molecular complexity index is 3240. The summed E-state index contributed by atoms with van der Waals surface area (Å²) in [4.78, 5) is 20.6. The fourth-order valence-electron chi connectivity index (χ4n) is 7.23. The van der Waals surface area contributed by atoms with Gasteiger partial charge in [0.1, 0.15) is 32.7 Å². The number of hydrogen-bond donors (Lipinski definition) is 2. The van der Waals surface area contributed by atoms with E-state index in [-0.39, 0.29) is 21.4 Å². The number of oxazole rings is 2. The summed E-state index contributed by atoms with van der Waals surface area (Å²) >= 11 is 18.5. The lowest BCUT2D eigenvalue weighted by Crippen LogP contribution is -2.16. The Balaban J connectivity index is 0.000000242. The normalized spacial score (nSPS) is 12.6. The molecule has 0 atom stereocenters. The van der Waals surface area contributed by atoms with Crippen molar-refractivity contribution in [2.45, 2.75) is 58.3 Å². The van der Waals surface area contributed by atoms with Gasteiger partial charge < -0.3 is 23.0 Å². The molecule has 0 unspecified atom stereocenters. The maximum Gasteiger partial charge on any atom is 0.762 e. The highest BCUT2D eigenvalue weighted by atomic mass is 79.9. The van der Waals surface area contributed by atoms with Gasteiger partial charge in [-0.1, -0.05) is 31.9 Å². The van der Waals surface area contributed by atoms with Crippen LogP contribution in [0.1, 0.15) is 55.7 Å². The van der Waals surface area contributed by atoms with Crippen LogP contribution in [-0.4, -0.2) is 91.8 Å². The van der Waals surface area contributed by atoms with Crippen molar-refractivity contribution in [3.05, 3.63) is 142 Å². The number of hydrogen-bond acceptors (Lipinski definition) is 14. The van der Waals surface area contributed by atoms with E-state index in [0.717, 1.165) is 62.1 Å². The summed E-state index contributed by atoms with van der Waals surface area (Å²) in [5, 5.41) is 9.20. The fraction of sp³-hybridized carbons (Fsp3) is 0.288. The van der Waals surface area contributed by atoms with E-state index < -0.39 is 20.3 Å². The smallest absolute Gasteiger partial charge is 0.440 e. The van der Waals surface area contributed by atoms with E-state index in [1.54, 1.807) is 36.9 Å². The largest absolute Gasteiger partial charge is 0.762 e. The van der Waals surface area contributed by atoms with Gasteiger partial charge in [0.15, 0.2) is 29.1 Å². The lowest BCUT2D eigenvalue weighted by Gasteiger charge is -2.18. The molecule has 5 heterocycles. The highest BCUT2D eigenvalue weighted by Gasteiger charge is 2.35.